The predicted molar refractivity (Wildman–Crippen MR) is 69.6 cm³/mol. The molecule has 6 nitrogen and oxygen atoms in total. The molecule has 0 aliphatic rings. The molecule has 18 heavy (non-hydrogen) atoms. The second-order valence-electron chi connectivity index (χ2n) is 4.18. The Kier molecular flexibility index (Phi) is 4.92. The van der Waals surface area contributed by atoms with Gasteiger partial charge in [-0.3, -0.25) is 4.79 Å². The van der Waals surface area contributed by atoms with Crippen molar-refractivity contribution < 1.29 is 13.2 Å². The first-order valence-electron chi connectivity index (χ1n) is 5.64. The maximum atomic E-state index is 11.8. The van der Waals surface area contributed by atoms with Gasteiger partial charge in [0.05, 0.1) is 6.26 Å². The van der Waals surface area contributed by atoms with Crippen molar-refractivity contribution in [2.45, 2.75) is 13.0 Å². The molecule has 7 heteroatoms. The van der Waals surface area contributed by atoms with Crippen LogP contribution >= 0.6 is 0 Å². The molecule has 102 valence electrons. The molecule has 1 aromatic rings. The van der Waals surface area contributed by atoms with Gasteiger partial charge in [-0.05, 0) is 19.1 Å². The van der Waals surface area contributed by atoms with E-state index >= 15 is 0 Å². The minimum atomic E-state index is -3.19. The summed E-state index contributed by atoms with van der Waals surface area (Å²) in [5, 5.41) is 2.71. The van der Waals surface area contributed by atoms with E-state index in [9.17, 15) is 13.2 Å². The van der Waals surface area contributed by atoms with Gasteiger partial charge < -0.3 is 9.88 Å². The average Bonchev–Trinajstić information content (AvgIpc) is 2.79. The van der Waals surface area contributed by atoms with E-state index in [4.69, 9.17) is 0 Å². The second-order valence-corrected chi connectivity index (χ2v) is 6.27. The normalized spacial score (nSPS) is 13.6. The van der Waals surface area contributed by atoms with E-state index in [1.165, 1.54) is 11.4 Å². The minimum absolute atomic E-state index is 0.131. The van der Waals surface area contributed by atoms with E-state index in [1.807, 2.05) is 24.5 Å². The van der Waals surface area contributed by atoms with Crippen molar-refractivity contribution in [2.24, 2.45) is 0 Å². The molecule has 1 amide bonds. The van der Waals surface area contributed by atoms with Crippen LogP contribution in [0.2, 0.25) is 0 Å². The smallest absolute Gasteiger partial charge is 0.242 e. The minimum Gasteiger partial charge on any atom is -0.353 e. The summed E-state index contributed by atoms with van der Waals surface area (Å²) in [6.07, 6.45) is 4.76. The van der Waals surface area contributed by atoms with E-state index in [1.54, 1.807) is 11.5 Å². The van der Waals surface area contributed by atoms with Gasteiger partial charge in [0.2, 0.25) is 15.9 Å². The van der Waals surface area contributed by atoms with Gasteiger partial charge in [0.1, 0.15) is 6.04 Å². The molecule has 0 aliphatic heterocycles. The zero-order valence-corrected chi connectivity index (χ0v) is 11.6. The maximum Gasteiger partial charge on any atom is 0.242 e. The Balaban J connectivity index is 2.38. The lowest BCUT2D eigenvalue weighted by atomic mass is 10.3. The number of hydrogen-bond acceptors (Lipinski definition) is 3. The Labute approximate surface area is 108 Å². The zero-order chi connectivity index (χ0) is 13.8. The first-order valence-corrected chi connectivity index (χ1v) is 7.48. The number of likely N-dealkylation sites (N-methyl/N-ethyl adjacent to an activating group) is 1. The molecule has 1 atom stereocenters. The number of carbonyl (C=O) groups is 1. The van der Waals surface area contributed by atoms with Crippen LogP contribution in [0.5, 0.6) is 0 Å². The molecule has 0 saturated heterocycles. The molecule has 0 unspecified atom stereocenters. The molecule has 1 N–H and O–H groups in total. The fourth-order valence-corrected chi connectivity index (χ4v) is 1.81. The van der Waals surface area contributed by atoms with Gasteiger partial charge in [0.15, 0.2) is 0 Å². The molecule has 0 saturated carbocycles. The summed E-state index contributed by atoms with van der Waals surface area (Å²) in [6, 6.07) is 3.39. The molecule has 0 fully saturated rings. The van der Waals surface area contributed by atoms with Crippen LogP contribution in [0.1, 0.15) is 13.0 Å². The Bertz CT molecular complexity index is 482. The lowest BCUT2D eigenvalue weighted by Gasteiger charge is -2.17. The van der Waals surface area contributed by atoms with E-state index in [2.05, 4.69) is 5.32 Å². The second kappa shape index (κ2) is 6.01. The van der Waals surface area contributed by atoms with Crippen LogP contribution in [0.3, 0.4) is 0 Å². The summed E-state index contributed by atoms with van der Waals surface area (Å²) in [6.45, 7) is 2.35. The average molecular weight is 273 g/mol. The van der Waals surface area contributed by atoms with Crippen LogP contribution in [-0.4, -0.2) is 49.6 Å². The summed E-state index contributed by atoms with van der Waals surface area (Å²) in [5.41, 5.74) is 0. The van der Waals surface area contributed by atoms with Crippen LogP contribution in [0.25, 0.3) is 0 Å². The summed E-state index contributed by atoms with van der Waals surface area (Å²) in [5.74, 6) is -0.131. The predicted octanol–water partition coefficient (Wildman–Crippen LogP) is 0.0567. The van der Waals surface area contributed by atoms with Crippen molar-refractivity contribution in [3.8, 4) is 0 Å². The van der Waals surface area contributed by atoms with E-state index in [0.29, 0.717) is 6.54 Å². The summed E-state index contributed by atoms with van der Waals surface area (Å²) in [4.78, 5) is 11.8. The highest BCUT2D eigenvalue weighted by molar-refractivity contribution is 7.88. The molecule has 1 aromatic heterocycles. The third-order valence-electron chi connectivity index (χ3n) is 2.75. The SMILES string of the molecule is C[C@@H](C(=O)NCCN(C)S(C)(=O)=O)n1cccc1. The van der Waals surface area contributed by atoms with Gasteiger partial charge in [0, 0.05) is 32.5 Å². The molecule has 1 heterocycles. The fourth-order valence-electron chi connectivity index (χ4n) is 1.39. The van der Waals surface area contributed by atoms with Crippen molar-refractivity contribution in [3.63, 3.8) is 0 Å². The van der Waals surface area contributed by atoms with E-state index < -0.39 is 10.0 Å². The summed E-state index contributed by atoms with van der Waals surface area (Å²) >= 11 is 0. The van der Waals surface area contributed by atoms with Gasteiger partial charge >= 0.3 is 0 Å². The maximum absolute atomic E-state index is 11.8. The zero-order valence-electron chi connectivity index (χ0n) is 10.8. The quantitative estimate of drug-likeness (QED) is 0.796. The van der Waals surface area contributed by atoms with Crippen LogP contribution in [0.4, 0.5) is 0 Å². The number of carbonyl (C=O) groups excluding carboxylic acids is 1. The third-order valence-corrected chi connectivity index (χ3v) is 4.06. The van der Waals surface area contributed by atoms with Crippen LogP contribution in [-0.2, 0) is 14.8 Å². The summed E-state index contributed by atoms with van der Waals surface area (Å²) in [7, 11) is -1.70. The van der Waals surface area contributed by atoms with E-state index in [-0.39, 0.29) is 18.5 Å². The third kappa shape index (κ3) is 4.15. The molecule has 0 aliphatic carbocycles. The Morgan fingerprint density at radius 3 is 2.44 bits per heavy atom. The lowest BCUT2D eigenvalue weighted by molar-refractivity contribution is -0.123. The number of rotatable bonds is 6. The Hall–Kier alpha value is -1.34. The van der Waals surface area contributed by atoms with Crippen molar-refractivity contribution in [1.29, 1.82) is 0 Å². The monoisotopic (exact) mass is 273 g/mol. The van der Waals surface area contributed by atoms with Gasteiger partial charge in [-0.25, -0.2) is 12.7 Å². The topological polar surface area (TPSA) is 71.4 Å². The number of nitrogens with zero attached hydrogens (tertiary/aromatic N) is 2. The van der Waals surface area contributed by atoms with Crippen LogP contribution in [0.15, 0.2) is 24.5 Å². The number of sulfonamides is 1. The molecule has 0 spiro atoms. The van der Waals surface area contributed by atoms with Crippen molar-refractivity contribution in [2.75, 3.05) is 26.4 Å². The number of nitrogens with one attached hydrogen (secondary N) is 1. The highest BCUT2D eigenvalue weighted by Gasteiger charge is 2.14. The van der Waals surface area contributed by atoms with Gasteiger partial charge in [0.25, 0.3) is 0 Å². The molecule has 1 rings (SSSR count). The highest BCUT2D eigenvalue weighted by Crippen LogP contribution is 2.05. The molecular weight excluding hydrogens is 254 g/mol. The largest absolute Gasteiger partial charge is 0.353 e. The first kappa shape index (κ1) is 14.7. The molecular formula is C11H19N3O3S. The van der Waals surface area contributed by atoms with Crippen LogP contribution < -0.4 is 5.32 Å². The van der Waals surface area contributed by atoms with E-state index in [0.717, 1.165) is 6.26 Å². The molecule has 0 bridgehead atoms. The Morgan fingerprint density at radius 2 is 1.94 bits per heavy atom. The molecule has 0 aromatic carbocycles. The lowest BCUT2D eigenvalue weighted by Crippen LogP contribution is -2.38. The number of aromatic nitrogens is 1. The van der Waals surface area contributed by atoms with Crippen molar-refractivity contribution in [3.05, 3.63) is 24.5 Å². The highest BCUT2D eigenvalue weighted by atomic mass is 32.2. The first-order chi connectivity index (χ1) is 8.32. The van der Waals surface area contributed by atoms with Gasteiger partial charge in [-0.1, -0.05) is 0 Å². The summed E-state index contributed by atoms with van der Waals surface area (Å²) < 4.78 is 25.3. The van der Waals surface area contributed by atoms with Crippen LogP contribution in [0, 0.1) is 0 Å². The number of amides is 1. The number of hydrogen-bond donors (Lipinski definition) is 1. The van der Waals surface area contributed by atoms with Gasteiger partial charge in [-0.15, -0.1) is 0 Å². The molecule has 0 radical (unpaired) electrons. The Morgan fingerprint density at radius 1 is 1.39 bits per heavy atom. The fraction of sp³-hybridized carbons (Fsp3) is 0.545. The standard InChI is InChI=1S/C11H19N3O3S/c1-10(14-7-4-5-8-14)11(15)12-6-9-13(2)18(3,16)17/h4-5,7-8,10H,6,9H2,1-3H3,(H,12,15)/t10-/m0/s1. The van der Waals surface area contributed by atoms with Crippen molar-refractivity contribution >= 4 is 15.9 Å². The van der Waals surface area contributed by atoms with Gasteiger partial charge in [-0.2, -0.15) is 0 Å². The van der Waals surface area contributed by atoms with Crippen molar-refractivity contribution in [1.82, 2.24) is 14.2 Å².